The van der Waals surface area contributed by atoms with Gasteiger partial charge in [-0.3, -0.25) is 0 Å². The average molecular weight is 147 g/mol. The Morgan fingerprint density at radius 2 is 2.18 bits per heavy atom. The van der Waals surface area contributed by atoms with E-state index in [-0.39, 0.29) is 0 Å². The molecule has 0 radical (unpaired) electrons. The fraction of sp³-hybridized carbons (Fsp3) is 0.556. The van der Waals surface area contributed by atoms with E-state index in [0.29, 0.717) is 5.92 Å². The van der Waals surface area contributed by atoms with E-state index >= 15 is 0 Å². The molecule has 0 saturated heterocycles. The van der Waals surface area contributed by atoms with E-state index in [1.807, 2.05) is 18.4 Å². The Morgan fingerprint density at radius 3 is 2.64 bits per heavy atom. The number of aromatic nitrogens is 1. The van der Waals surface area contributed by atoms with E-state index in [1.54, 1.807) is 0 Å². The molecule has 11 heavy (non-hydrogen) atoms. The zero-order chi connectivity index (χ0) is 8.10. The van der Waals surface area contributed by atoms with Crippen molar-refractivity contribution in [1.29, 1.82) is 0 Å². The summed E-state index contributed by atoms with van der Waals surface area (Å²) in [5.41, 5.74) is 1.37. The molecular formula is C9H14BN. The number of hydrogen-bond donors (Lipinski definition) is 0. The van der Waals surface area contributed by atoms with Crippen LogP contribution in [0.15, 0.2) is 18.4 Å². The molecule has 0 spiro atoms. The Hall–Kier alpha value is -0.655. The molecular weight excluding hydrogens is 133 g/mol. The van der Waals surface area contributed by atoms with Gasteiger partial charge in [0.15, 0.2) is 0 Å². The summed E-state index contributed by atoms with van der Waals surface area (Å²) in [5.74, 6) is 2.71. The van der Waals surface area contributed by atoms with Crippen molar-refractivity contribution < 1.29 is 0 Å². The van der Waals surface area contributed by atoms with Gasteiger partial charge in [0.1, 0.15) is 0 Å². The second kappa shape index (κ2) is 4.27. The maximum absolute atomic E-state index is 4.10. The number of hydrogen-bond acceptors (Lipinski definition) is 1. The van der Waals surface area contributed by atoms with Crippen molar-refractivity contribution in [1.82, 2.24) is 4.98 Å². The SMILES string of the molecule is CCC(CC)c1bccnc1. The molecule has 2 heteroatoms. The topological polar surface area (TPSA) is 12.9 Å². The molecule has 1 aromatic heterocycles. The van der Waals surface area contributed by atoms with Crippen LogP contribution in [0, 0.1) is 0 Å². The van der Waals surface area contributed by atoms with Crippen LogP contribution in [0.3, 0.4) is 0 Å². The van der Waals surface area contributed by atoms with Crippen LogP contribution in [0.25, 0.3) is 0 Å². The summed E-state index contributed by atoms with van der Waals surface area (Å²) in [6, 6.07) is 0. The van der Waals surface area contributed by atoms with Crippen LogP contribution in [0.4, 0.5) is 0 Å². The second-order valence-corrected chi connectivity index (χ2v) is 2.80. The molecule has 0 N–H and O–H groups in total. The van der Waals surface area contributed by atoms with Gasteiger partial charge in [0.25, 0.3) is 0 Å². The van der Waals surface area contributed by atoms with E-state index in [0.717, 1.165) is 0 Å². The van der Waals surface area contributed by atoms with Crippen molar-refractivity contribution >= 4 is 6.91 Å². The Labute approximate surface area is 69.1 Å². The zero-order valence-electron chi connectivity index (χ0n) is 7.25. The van der Waals surface area contributed by atoms with Crippen LogP contribution in [0.5, 0.6) is 0 Å². The van der Waals surface area contributed by atoms with Gasteiger partial charge < -0.3 is 0 Å². The first-order valence-electron chi connectivity index (χ1n) is 4.28. The molecule has 0 fully saturated rings. The first-order valence-corrected chi connectivity index (χ1v) is 4.28. The van der Waals surface area contributed by atoms with Crippen LogP contribution in [-0.2, 0) is 0 Å². The van der Waals surface area contributed by atoms with Crippen LogP contribution < -0.4 is 0 Å². The van der Waals surface area contributed by atoms with Gasteiger partial charge in [0, 0.05) is 0 Å². The Morgan fingerprint density at radius 1 is 1.45 bits per heavy atom. The molecule has 0 aromatic carbocycles. The van der Waals surface area contributed by atoms with Gasteiger partial charge in [-0.25, -0.2) is 0 Å². The van der Waals surface area contributed by atoms with E-state index in [4.69, 9.17) is 0 Å². The third-order valence-corrected chi connectivity index (χ3v) is 2.14. The summed E-state index contributed by atoms with van der Waals surface area (Å²) in [5, 5.41) is 0. The third kappa shape index (κ3) is 2.14. The van der Waals surface area contributed by atoms with Crippen LogP contribution in [0.1, 0.15) is 38.1 Å². The van der Waals surface area contributed by atoms with Crippen molar-refractivity contribution in [3.63, 3.8) is 0 Å². The van der Waals surface area contributed by atoms with E-state index < -0.39 is 0 Å². The molecule has 0 aliphatic rings. The minimum atomic E-state index is 0.698. The zero-order valence-corrected chi connectivity index (χ0v) is 7.25. The fourth-order valence-electron chi connectivity index (χ4n) is 1.38. The summed E-state index contributed by atoms with van der Waals surface area (Å²) in [4.78, 5) is 4.10. The molecule has 0 bridgehead atoms. The predicted molar refractivity (Wildman–Crippen MR) is 48.9 cm³/mol. The number of rotatable bonds is 3. The van der Waals surface area contributed by atoms with E-state index in [9.17, 15) is 0 Å². The average Bonchev–Trinajstić information content (AvgIpc) is 2.09. The maximum atomic E-state index is 4.10. The van der Waals surface area contributed by atoms with Crippen molar-refractivity contribution in [3.05, 3.63) is 23.8 Å². The molecule has 1 aromatic rings. The van der Waals surface area contributed by atoms with Crippen molar-refractivity contribution in [2.45, 2.75) is 32.6 Å². The summed E-state index contributed by atoms with van der Waals surface area (Å²) >= 11 is 0. The van der Waals surface area contributed by atoms with Gasteiger partial charge in [-0.05, 0) is 0 Å². The molecule has 0 aliphatic heterocycles. The van der Waals surface area contributed by atoms with Crippen molar-refractivity contribution in [2.75, 3.05) is 0 Å². The molecule has 58 valence electrons. The summed E-state index contributed by atoms with van der Waals surface area (Å²) in [6.07, 6.45) is 6.22. The molecule has 0 atom stereocenters. The van der Waals surface area contributed by atoms with Crippen LogP contribution in [0.2, 0.25) is 0 Å². The number of nitrogens with zero attached hydrogens (tertiary/aromatic N) is 1. The van der Waals surface area contributed by atoms with Gasteiger partial charge in [0.2, 0.25) is 0 Å². The first-order chi connectivity index (χ1) is 5.38. The molecule has 0 amide bonds. The van der Waals surface area contributed by atoms with Crippen molar-refractivity contribution in [3.8, 4) is 0 Å². The van der Waals surface area contributed by atoms with Gasteiger partial charge in [0.05, 0.1) is 0 Å². The van der Waals surface area contributed by atoms with Gasteiger partial charge >= 0.3 is 68.3 Å². The predicted octanol–water partition coefficient (Wildman–Crippen LogP) is 2.32. The Balaban J connectivity index is 2.74. The van der Waals surface area contributed by atoms with Crippen molar-refractivity contribution in [2.24, 2.45) is 0 Å². The summed E-state index contributed by atoms with van der Waals surface area (Å²) in [7, 11) is 0. The Bertz CT molecular complexity index is 194. The van der Waals surface area contributed by atoms with Crippen LogP contribution >= 0.6 is 0 Å². The van der Waals surface area contributed by atoms with Gasteiger partial charge in [-0.1, -0.05) is 0 Å². The summed E-state index contributed by atoms with van der Waals surface area (Å²) < 4.78 is 0. The molecule has 0 aliphatic carbocycles. The van der Waals surface area contributed by atoms with Gasteiger partial charge in [-0.2, -0.15) is 0 Å². The summed E-state index contributed by atoms with van der Waals surface area (Å²) in [6.45, 7) is 6.60. The molecule has 1 rings (SSSR count). The molecule has 0 unspecified atom stereocenters. The first kappa shape index (κ1) is 8.44. The molecule has 1 nitrogen and oxygen atoms in total. The normalized spacial score (nSPS) is 10.1. The monoisotopic (exact) mass is 147 g/mol. The van der Waals surface area contributed by atoms with E-state index in [2.05, 4.69) is 25.7 Å². The van der Waals surface area contributed by atoms with Gasteiger partial charge in [-0.15, -0.1) is 0 Å². The standard InChI is InChI=1S/C9H14BN/c1-3-8(4-2)9-7-11-6-5-10-9/h5-8H,3-4H2,1-2H3. The third-order valence-electron chi connectivity index (χ3n) is 2.14. The minimum absolute atomic E-state index is 0.698. The van der Waals surface area contributed by atoms with E-state index in [1.165, 1.54) is 18.3 Å². The quantitative estimate of drug-likeness (QED) is 0.639. The Kier molecular flexibility index (Phi) is 3.28. The molecule has 0 saturated carbocycles. The second-order valence-electron chi connectivity index (χ2n) is 2.80. The van der Waals surface area contributed by atoms with Crippen LogP contribution in [-0.4, -0.2) is 11.9 Å². The fourth-order valence-corrected chi connectivity index (χ4v) is 1.38. The molecule has 1 heterocycles.